The first-order valence-electron chi connectivity index (χ1n) is 10.4. The molecule has 1 heterocycles. The second-order valence-electron chi connectivity index (χ2n) is 7.39. The summed E-state index contributed by atoms with van der Waals surface area (Å²) in [6.07, 6.45) is 0. The van der Waals surface area contributed by atoms with Gasteiger partial charge in [-0.15, -0.1) is 0 Å². The predicted molar refractivity (Wildman–Crippen MR) is 131 cm³/mol. The van der Waals surface area contributed by atoms with E-state index < -0.39 is 24.3 Å². The largest absolute Gasteiger partial charge is 0.493 e. The van der Waals surface area contributed by atoms with Gasteiger partial charge < -0.3 is 19.5 Å². The van der Waals surface area contributed by atoms with Crippen molar-refractivity contribution in [1.82, 2.24) is 4.98 Å². The zero-order valence-corrected chi connectivity index (χ0v) is 19.6. The number of hydrogen-bond acceptors (Lipinski definition) is 6. The molecule has 35 heavy (non-hydrogen) atoms. The van der Waals surface area contributed by atoms with E-state index in [1.54, 1.807) is 48.5 Å². The normalized spacial score (nSPS) is 10.6. The number of carbonyl (C=O) groups excluding carboxylic acids is 2. The lowest BCUT2D eigenvalue weighted by Crippen LogP contribution is -2.21. The van der Waals surface area contributed by atoms with Crippen LogP contribution in [0.4, 0.5) is 10.1 Å². The minimum absolute atomic E-state index is 0.0689. The summed E-state index contributed by atoms with van der Waals surface area (Å²) in [7, 11) is 3.07. The van der Waals surface area contributed by atoms with E-state index in [0.717, 1.165) is 6.07 Å². The van der Waals surface area contributed by atoms with Crippen LogP contribution >= 0.6 is 11.6 Å². The van der Waals surface area contributed by atoms with Crippen LogP contribution in [0.25, 0.3) is 22.2 Å². The Labute approximate surface area is 205 Å². The molecule has 0 atom stereocenters. The highest BCUT2D eigenvalue weighted by molar-refractivity contribution is 6.30. The van der Waals surface area contributed by atoms with Gasteiger partial charge in [0.2, 0.25) is 0 Å². The Kier molecular flexibility index (Phi) is 7.12. The molecule has 0 aliphatic heterocycles. The Bertz CT molecular complexity index is 1430. The van der Waals surface area contributed by atoms with Gasteiger partial charge in [-0.25, -0.2) is 14.2 Å². The third kappa shape index (κ3) is 5.33. The van der Waals surface area contributed by atoms with Crippen LogP contribution in [0.15, 0.2) is 66.7 Å². The Balaban J connectivity index is 1.59. The molecule has 0 aliphatic rings. The molecule has 4 rings (SSSR count). The van der Waals surface area contributed by atoms with Crippen molar-refractivity contribution in [2.45, 2.75) is 0 Å². The molecule has 1 aromatic heterocycles. The molecule has 0 aliphatic carbocycles. The lowest BCUT2D eigenvalue weighted by molar-refractivity contribution is -0.119. The summed E-state index contributed by atoms with van der Waals surface area (Å²) in [4.78, 5) is 29.9. The monoisotopic (exact) mass is 494 g/mol. The van der Waals surface area contributed by atoms with Crippen LogP contribution in [0.1, 0.15) is 10.4 Å². The van der Waals surface area contributed by atoms with Gasteiger partial charge in [0, 0.05) is 16.0 Å². The Morgan fingerprint density at radius 1 is 0.971 bits per heavy atom. The number of aromatic nitrogens is 1. The van der Waals surface area contributed by atoms with Crippen molar-refractivity contribution in [3.8, 4) is 22.8 Å². The summed E-state index contributed by atoms with van der Waals surface area (Å²) in [5, 5.41) is 3.11. The molecular weight excluding hydrogens is 475 g/mol. The summed E-state index contributed by atoms with van der Waals surface area (Å²) in [5.41, 5.74) is 1.92. The molecule has 0 fully saturated rings. The van der Waals surface area contributed by atoms with Crippen LogP contribution in [0.5, 0.6) is 11.5 Å². The molecule has 0 radical (unpaired) electrons. The quantitative estimate of drug-likeness (QED) is 0.341. The SMILES string of the molecule is COc1ccc(-c2cc(C(=O)OCC(=O)Nc3ccc(Cl)cc3F)c3ccccc3n2)cc1OC. The fraction of sp³-hybridized carbons (Fsp3) is 0.115. The van der Waals surface area contributed by atoms with Crippen molar-refractivity contribution in [2.24, 2.45) is 0 Å². The number of amides is 1. The lowest BCUT2D eigenvalue weighted by atomic mass is 10.0. The number of carbonyl (C=O) groups is 2. The van der Waals surface area contributed by atoms with E-state index in [0.29, 0.717) is 33.7 Å². The number of rotatable bonds is 7. The predicted octanol–water partition coefficient (Wildman–Crippen LogP) is 5.51. The number of para-hydroxylation sites is 1. The highest BCUT2D eigenvalue weighted by Crippen LogP contribution is 2.33. The smallest absolute Gasteiger partial charge is 0.339 e. The first kappa shape index (κ1) is 24.0. The Morgan fingerprint density at radius 2 is 1.74 bits per heavy atom. The van der Waals surface area contributed by atoms with Gasteiger partial charge in [0.25, 0.3) is 5.91 Å². The minimum Gasteiger partial charge on any atom is -0.493 e. The number of benzene rings is 3. The van der Waals surface area contributed by atoms with Crippen LogP contribution in [-0.2, 0) is 9.53 Å². The topological polar surface area (TPSA) is 86.8 Å². The molecule has 1 N–H and O–H groups in total. The summed E-state index contributed by atoms with van der Waals surface area (Å²) < 4.78 is 29.8. The van der Waals surface area contributed by atoms with Gasteiger partial charge in [0.1, 0.15) is 5.82 Å². The van der Waals surface area contributed by atoms with Crippen molar-refractivity contribution in [3.63, 3.8) is 0 Å². The van der Waals surface area contributed by atoms with E-state index in [-0.39, 0.29) is 16.3 Å². The standard InChI is InChI=1S/C26H20ClFN2O5/c1-33-23-10-7-15(11-24(23)34-2)22-13-18(17-5-3-4-6-20(17)29-22)26(32)35-14-25(31)30-21-9-8-16(27)12-19(21)28/h3-13H,14H2,1-2H3,(H,30,31). The minimum atomic E-state index is -0.725. The Morgan fingerprint density at radius 3 is 2.49 bits per heavy atom. The number of anilines is 1. The first-order chi connectivity index (χ1) is 16.9. The van der Waals surface area contributed by atoms with Crippen molar-refractivity contribution in [3.05, 3.63) is 83.1 Å². The first-order valence-corrected chi connectivity index (χ1v) is 10.8. The molecule has 4 aromatic rings. The van der Waals surface area contributed by atoms with Crippen LogP contribution in [-0.4, -0.2) is 37.7 Å². The molecule has 7 nitrogen and oxygen atoms in total. The molecule has 0 unspecified atom stereocenters. The number of nitrogens with zero attached hydrogens (tertiary/aromatic N) is 1. The van der Waals surface area contributed by atoms with Crippen LogP contribution < -0.4 is 14.8 Å². The molecule has 0 spiro atoms. The fourth-order valence-electron chi connectivity index (χ4n) is 3.47. The second kappa shape index (κ2) is 10.4. The summed E-state index contributed by atoms with van der Waals surface area (Å²) in [5.74, 6) is -1.05. The van der Waals surface area contributed by atoms with Gasteiger partial charge in [-0.05, 0) is 48.5 Å². The zero-order valence-electron chi connectivity index (χ0n) is 18.8. The number of hydrogen-bond donors (Lipinski definition) is 1. The number of nitrogens with one attached hydrogen (secondary N) is 1. The van der Waals surface area contributed by atoms with Gasteiger partial charge in [-0.1, -0.05) is 29.8 Å². The van der Waals surface area contributed by atoms with Gasteiger partial charge in [0.05, 0.1) is 36.7 Å². The van der Waals surface area contributed by atoms with Gasteiger partial charge in [-0.3, -0.25) is 4.79 Å². The molecule has 178 valence electrons. The number of ether oxygens (including phenoxy) is 3. The van der Waals surface area contributed by atoms with Gasteiger partial charge in [0.15, 0.2) is 18.1 Å². The fourth-order valence-corrected chi connectivity index (χ4v) is 3.63. The average Bonchev–Trinajstić information content (AvgIpc) is 2.87. The van der Waals surface area contributed by atoms with E-state index in [2.05, 4.69) is 10.3 Å². The molecule has 9 heteroatoms. The van der Waals surface area contributed by atoms with E-state index >= 15 is 0 Å². The molecule has 0 bridgehead atoms. The van der Waals surface area contributed by atoms with E-state index in [9.17, 15) is 14.0 Å². The molecular formula is C26H20ClFN2O5. The third-order valence-corrected chi connectivity index (χ3v) is 5.39. The van der Waals surface area contributed by atoms with Crippen LogP contribution in [0.2, 0.25) is 5.02 Å². The van der Waals surface area contributed by atoms with Crippen molar-refractivity contribution in [2.75, 3.05) is 26.1 Å². The summed E-state index contributed by atoms with van der Waals surface area (Å²) in [6, 6.07) is 17.8. The highest BCUT2D eigenvalue weighted by atomic mass is 35.5. The van der Waals surface area contributed by atoms with Crippen LogP contribution in [0, 0.1) is 5.82 Å². The lowest BCUT2D eigenvalue weighted by Gasteiger charge is -2.12. The number of halogens is 2. The number of pyridine rings is 1. The average molecular weight is 495 g/mol. The molecule has 3 aromatic carbocycles. The van der Waals surface area contributed by atoms with Crippen molar-refractivity contribution in [1.29, 1.82) is 0 Å². The third-order valence-electron chi connectivity index (χ3n) is 5.15. The maximum absolute atomic E-state index is 13.9. The van der Waals surface area contributed by atoms with E-state index in [1.807, 2.05) is 0 Å². The second-order valence-corrected chi connectivity index (χ2v) is 7.83. The van der Waals surface area contributed by atoms with Gasteiger partial charge >= 0.3 is 5.97 Å². The van der Waals surface area contributed by atoms with E-state index in [1.165, 1.54) is 26.4 Å². The zero-order chi connectivity index (χ0) is 24.9. The number of methoxy groups -OCH3 is 2. The summed E-state index contributed by atoms with van der Waals surface area (Å²) in [6.45, 7) is -0.608. The number of fused-ring (bicyclic) bond motifs is 1. The molecule has 0 saturated heterocycles. The summed E-state index contributed by atoms with van der Waals surface area (Å²) >= 11 is 5.72. The molecule has 1 amide bonds. The van der Waals surface area contributed by atoms with Gasteiger partial charge in [-0.2, -0.15) is 0 Å². The van der Waals surface area contributed by atoms with Crippen LogP contribution in [0.3, 0.4) is 0 Å². The maximum Gasteiger partial charge on any atom is 0.339 e. The highest BCUT2D eigenvalue weighted by Gasteiger charge is 2.18. The molecule has 0 saturated carbocycles. The van der Waals surface area contributed by atoms with E-state index in [4.69, 9.17) is 25.8 Å². The van der Waals surface area contributed by atoms with Crippen molar-refractivity contribution >= 4 is 40.1 Å². The maximum atomic E-state index is 13.9. The Hall–Kier alpha value is -4.17. The number of esters is 1. The van der Waals surface area contributed by atoms with Crippen molar-refractivity contribution < 1.29 is 28.2 Å².